The molecule has 0 aliphatic heterocycles. The Morgan fingerprint density at radius 2 is 1.70 bits per heavy atom. The highest BCUT2D eigenvalue weighted by molar-refractivity contribution is 5.50. The maximum Gasteiger partial charge on any atom is 0.416 e. The van der Waals surface area contributed by atoms with Gasteiger partial charge in [-0.3, -0.25) is 10.1 Å². The van der Waals surface area contributed by atoms with Crippen molar-refractivity contribution in [3.05, 3.63) is 63.2 Å². The number of halogens is 5. The molecule has 0 spiro atoms. The highest BCUT2D eigenvalue weighted by atomic mass is 19.4. The van der Waals surface area contributed by atoms with Gasteiger partial charge in [-0.05, 0) is 25.1 Å². The van der Waals surface area contributed by atoms with E-state index in [1.165, 1.54) is 19.1 Å². The topological polar surface area (TPSA) is 52.4 Å². The Bertz CT molecular complexity index is 750. The van der Waals surface area contributed by atoms with E-state index in [1.54, 1.807) is 0 Å². The van der Waals surface area contributed by atoms with Crippen molar-refractivity contribution in [3.8, 4) is 11.5 Å². The first-order chi connectivity index (χ1) is 10.6. The van der Waals surface area contributed by atoms with E-state index in [1.807, 2.05) is 0 Å². The Hall–Kier alpha value is -2.71. The number of hydrogen-bond acceptors (Lipinski definition) is 3. The lowest BCUT2D eigenvalue weighted by molar-refractivity contribution is -0.385. The molecule has 0 fully saturated rings. The quantitative estimate of drug-likeness (QED) is 0.451. The van der Waals surface area contributed by atoms with Crippen LogP contribution in [0, 0.1) is 28.7 Å². The van der Waals surface area contributed by atoms with Crippen LogP contribution >= 0.6 is 0 Å². The molecule has 0 saturated carbocycles. The van der Waals surface area contributed by atoms with Crippen LogP contribution in [0.15, 0.2) is 30.3 Å². The molecule has 0 atom stereocenters. The molecule has 0 saturated heterocycles. The van der Waals surface area contributed by atoms with Crippen LogP contribution in [0.1, 0.15) is 11.1 Å². The van der Waals surface area contributed by atoms with Gasteiger partial charge in [0.2, 0.25) is 0 Å². The molecular weight excluding hydrogens is 325 g/mol. The van der Waals surface area contributed by atoms with Crippen LogP contribution in [0.3, 0.4) is 0 Å². The van der Waals surface area contributed by atoms with Crippen LogP contribution in [-0.2, 0) is 6.18 Å². The zero-order valence-corrected chi connectivity index (χ0v) is 11.4. The van der Waals surface area contributed by atoms with E-state index < -0.39 is 34.0 Å². The van der Waals surface area contributed by atoms with Gasteiger partial charge in [0.05, 0.1) is 16.1 Å². The summed E-state index contributed by atoms with van der Waals surface area (Å²) in [6, 6.07) is 3.76. The van der Waals surface area contributed by atoms with Crippen molar-refractivity contribution in [3.63, 3.8) is 0 Å². The van der Waals surface area contributed by atoms with Gasteiger partial charge in [-0.15, -0.1) is 0 Å². The van der Waals surface area contributed by atoms with Crippen LogP contribution in [-0.4, -0.2) is 4.92 Å². The van der Waals surface area contributed by atoms with Crippen molar-refractivity contribution in [1.29, 1.82) is 0 Å². The predicted molar refractivity (Wildman–Crippen MR) is 69.3 cm³/mol. The van der Waals surface area contributed by atoms with Gasteiger partial charge < -0.3 is 4.74 Å². The highest BCUT2D eigenvalue weighted by Crippen LogP contribution is 2.37. The number of alkyl halides is 3. The second-order valence-electron chi connectivity index (χ2n) is 4.53. The number of rotatable bonds is 3. The summed E-state index contributed by atoms with van der Waals surface area (Å²) in [5.74, 6) is -4.44. The van der Waals surface area contributed by atoms with Gasteiger partial charge in [0.25, 0.3) is 5.69 Å². The fourth-order valence-electron chi connectivity index (χ4n) is 1.84. The van der Waals surface area contributed by atoms with E-state index >= 15 is 0 Å². The molecule has 23 heavy (non-hydrogen) atoms. The zero-order chi connectivity index (χ0) is 17.4. The fraction of sp³-hybridized carbons (Fsp3) is 0.143. The smallest absolute Gasteiger partial charge is 0.416 e. The molecular formula is C14H8F5NO3. The molecule has 2 aromatic carbocycles. The van der Waals surface area contributed by atoms with E-state index in [0.29, 0.717) is 0 Å². The Balaban J connectivity index is 2.46. The van der Waals surface area contributed by atoms with Gasteiger partial charge in [0.1, 0.15) is 5.75 Å². The molecule has 2 rings (SSSR count). The lowest BCUT2D eigenvalue weighted by atomic mass is 10.1. The van der Waals surface area contributed by atoms with Crippen molar-refractivity contribution >= 4 is 5.69 Å². The molecule has 9 heteroatoms. The Morgan fingerprint density at radius 3 is 2.17 bits per heavy atom. The third kappa shape index (κ3) is 3.38. The third-order valence-corrected chi connectivity index (χ3v) is 2.99. The van der Waals surface area contributed by atoms with E-state index in [0.717, 1.165) is 6.07 Å². The van der Waals surface area contributed by atoms with Gasteiger partial charge in [-0.2, -0.15) is 13.2 Å². The number of nitro groups is 1. The van der Waals surface area contributed by atoms with Gasteiger partial charge in [-0.25, -0.2) is 8.78 Å². The molecule has 0 aliphatic carbocycles. The van der Waals surface area contributed by atoms with Crippen LogP contribution in [0.5, 0.6) is 11.5 Å². The number of hydrogen-bond donors (Lipinski definition) is 0. The minimum absolute atomic E-state index is 0.0174. The monoisotopic (exact) mass is 333 g/mol. The molecule has 2 aromatic rings. The second-order valence-corrected chi connectivity index (χ2v) is 4.53. The highest BCUT2D eigenvalue weighted by Gasteiger charge is 2.33. The average Bonchev–Trinajstić information content (AvgIpc) is 2.42. The number of ether oxygens (including phenoxy) is 1. The number of nitro benzene ring substituents is 1. The summed E-state index contributed by atoms with van der Waals surface area (Å²) < 4.78 is 69.7. The molecule has 0 heterocycles. The summed E-state index contributed by atoms with van der Waals surface area (Å²) in [7, 11) is 0. The van der Waals surface area contributed by atoms with Crippen LogP contribution in [0.25, 0.3) is 0 Å². The SMILES string of the molecule is Cc1c(Oc2c(F)cc(C(F)(F)F)cc2F)cccc1[N+](=O)[O-]. The number of benzene rings is 2. The fourth-order valence-corrected chi connectivity index (χ4v) is 1.84. The van der Waals surface area contributed by atoms with Crippen LogP contribution in [0.2, 0.25) is 0 Å². The van der Waals surface area contributed by atoms with Crippen molar-refractivity contribution in [1.82, 2.24) is 0 Å². The standard InChI is InChI=1S/C14H8F5NO3/c1-7-11(20(21)22)3-2-4-12(7)23-13-9(15)5-8(6-10(13)16)14(17,18)19/h2-6H,1H3. The maximum absolute atomic E-state index is 13.7. The lowest BCUT2D eigenvalue weighted by Crippen LogP contribution is -2.07. The molecule has 0 N–H and O–H groups in total. The van der Waals surface area contributed by atoms with E-state index in [4.69, 9.17) is 4.74 Å². The minimum Gasteiger partial charge on any atom is -0.451 e. The summed E-state index contributed by atoms with van der Waals surface area (Å²) in [6.45, 7) is 1.29. The first-order valence-electron chi connectivity index (χ1n) is 6.09. The van der Waals surface area contributed by atoms with Gasteiger partial charge in [0, 0.05) is 6.07 Å². The van der Waals surface area contributed by atoms with Crippen LogP contribution < -0.4 is 4.74 Å². The third-order valence-electron chi connectivity index (χ3n) is 2.99. The molecule has 0 aliphatic rings. The normalized spacial score (nSPS) is 11.4. The molecule has 4 nitrogen and oxygen atoms in total. The van der Waals surface area contributed by atoms with Crippen molar-refractivity contribution < 1.29 is 31.6 Å². The molecule has 122 valence electrons. The second kappa shape index (κ2) is 5.82. The summed E-state index contributed by atoms with van der Waals surface area (Å²) in [4.78, 5) is 10.1. The molecule has 0 radical (unpaired) electrons. The average molecular weight is 333 g/mol. The molecule has 0 amide bonds. The summed E-state index contributed by atoms with van der Waals surface area (Å²) in [6.07, 6.45) is -4.92. The van der Waals surface area contributed by atoms with Crippen molar-refractivity contribution in [2.75, 3.05) is 0 Å². The van der Waals surface area contributed by atoms with Gasteiger partial charge in [0.15, 0.2) is 17.4 Å². The first kappa shape index (κ1) is 16.7. The molecule has 0 unspecified atom stereocenters. The summed E-state index contributed by atoms with van der Waals surface area (Å²) in [5.41, 5.74) is -1.87. The Labute approximate surface area is 126 Å². The molecule has 0 bridgehead atoms. The van der Waals surface area contributed by atoms with Gasteiger partial charge in [-0.1, -0.05) is 6.07 Å². The maximum atomic E-state index is 13.7. The van der Waals surface area contributed by atoms with E-state index in [9.17, 15) is 32.1 Å². The number of nitrogens with zero attached hydrogens (tertiary/aromatic N) is 1. The van der Waals surface area contributed by atoms with E-state index in [-0.39, 0.29) is 29.1 Å². The lowest BCUT2D eigenvalue weighted by Gasteiger charge is -2.13. The van der Waals surface area contributed by atoms with Crippen molar-refractivity contribution in [2.24, 2.45) is 0 Å². The molecule has 0 aromatic heterocycles. The Morgan fingerprint density at radius 1 is 1.13 bits per heavy atom. The Kier molecular flexibility index (Phi) is 4.22. The van der Waals surface area contributed by atoms with Crippen LogP contribution in [0.4, 0.5) is 27.6 Å². The summed E-state index contributed by atoms with van der Waals surface area (Å²) >= 11 is 0. The predicted octanol–water partition coefficient (Wildman–Crippen LogP) is 4.99. The van der Waals surface area contributed by atoms with Gasteiger partial charge >= 0.3 is 6.18 Å². The van der Waals surface area contributed by atoms with E-state index in [2.05, 4.69) is 0 Å². The zero-order valence-electron chi connectivity index (χ0n) is 11.4. The minimum atomic E-state index is -4.92. The van der Waals surface area contributed by atoms with Crippen molar-refractivity contribution in [2.45, 2.75) is 13.1 Å². The summed E-state index contributed by atoms with van der Waals surface area (Å²) in [5, 5.41) is 10.8. The largest absolute Gasteiger partial charge is 0.451 e. The first-order valence-corrected chi connectivity index (χ1v) is 6.09.